The number of aliphatic hydroxyl groups is 1. The number of thiocarbonyl (C=S) groups is 1. The Hall–Kier alpha value is -1.70. The smallest absolute Gasteiger partial charge is 0.360 e. The van der Waals surface area contributed by atoms with Crippen molar-refractivity contribution in [1.82, 2.24) is 14.8 Å². The van der Waals surface area contributed by atoms with Gasteiger partial charge in [0.1, 0.15) is 11.9 Å². The summed E-state index contributed by atoms with van der Waals surface area (Å²) in [4.78, 5) is 4.04. The summed E-state index contributed by atoms with van der Waals surface area (Å²) in [6, 6.07) is 7.46. The number of hydrogen-bond acceptors (Lipinski definition) is 6. The number of nitrogens with zero attached hydrogens (tertiary/aromatic N) is 3. The molecule has 1 aromatic carbocycles. The van der Waals surface area contributed by atoms with Gasteiger partial charge in [-0.2, -0.15) is 10.1 Å². The predicted molar refractivity (Wildman–Crippen MR) is 97.5 cm³/mol. The molecule has 0 bridgehead atoms. The van der Waals surface area contributed by atoms with Gasteiger partial charge < -0.3 is 14.6 Å². The van der Waals surface area contributed by atoms with Crippen molar-refractivity contribution >= 4 is 29.1 Å². The lowest BCUT2D eigenvalue weighted by molar-refractivity contribution is -0.0454. The van der Waals surface area contributed by atoms with Gasteiger partial charge in [-0.3, -0.25) is 0 Å². The third-order valence-corrected chi connectivity index (χ3v) is 5.20. The molecule has 1 N–H and O–H groups in total. The van der Waals surface area contributed by atoms with Crippen LogP contribution in [-0.2, 0) is 16.9 Å². The summed E-state index contributed by atoms with van der Waals surface area (Å²) >= 11 is 11.1. The van der Waals surface area contributed by atoms with Crippen molar-refractivity contribution in [2.45, 2.75) is 31.9 Å². The number of rotatable bonds is 6. The molecule has 0 aliphatic heterocycles. The van der Waals surface area contributed by atoms with Gasteiger partial charge >= 0.3 is 11.2 Å². The summed E-state index contributed by atoms with van der Waals surface area (Å²) in [6.45, 7) is 2.22. The molecule has 1 unspecified atom stereocenters. The van der Waals surface area contributed by atoms with E-state index in [1.54, 1.807) is 12.1 Å². The molecule has 0 spiro atoms. The van der Waals surface area contributed by atoms with E-state index in [2.05, 4.69) is 17.0 Å². The van der Waals surface area contributed by atoms with E-state index in [1.807, 2.05) is 12.1 Å². The maximum absolute atomic E-state index is 11.6. The second-order valence-electron chi connectivity index (χ2n) is 6.32. The summed E-state index contributed by atoms with van der Waals surface area (Å²) in [5.41, 5.74) is -0.415. The van der Waals surface area contributed by atoms with Crippen molar-refractivity contribution in [2.75, 3.05) is 7.11 Å². The molecule has 0 radical (unpaired) electrons. The zero-order chi connectivity index (χ0) is 18.0. The van der Waals surface area contributed by atoms with E-state index in [0.717, 1.165) is 18.4 Å². The fourth-order valence-electron chi connectivity index (χ4n) is 3.03. The third-order valence-electron chi connectivity index (χ3n) is 4.72. The van der Waals surface area contributed by atoms with Gasteiger partial charge in [-0.1, -0.05) is 30.7 Å². The molecule has 0 amide bonds. The summed E-state index contributed by atoms with van der Waals surface area (Å²) < 4.78 is 11.7. The highest BCUT2D eigenvalue weighted by Crippen LogP contribution is 2.47. The minimum atomic E-state index is -1.16. The molecule has 2 atom stereocenters. The maximum Gasteiger partial charge on any atom is 0.360 e. The first-order valence-corrected chi connectivity index (χ1v) is 8.84. The average Bonchev–Trinajstić information content (AvgIpc) is 3.36. The Labute approximate surface area is 156 Å². The second-order valence-corrected chi connectivity index (χ2v) is 7.09. The Bertz CT molecular complexity index is 765. The van der Waals surface area contributed by atoms with Crippen LogP contribution in [0.2, 0.25) is 5.02 Å². The lowest BCUT2D eigenvalue weighted by Gasteiger charge is -2.35. The van der Waals surface area contributed by atoms with E-state index >= 15 is 0 Å². The van der Waals surface area contributed by atoms with Gasteiger partial charge in [0.25, 0.3) is 0 Å². The molecule has 6 nitrogen and oxygen atoms in total. The molecule has 1 fully saturated rings. The standard InChI is InChI=1S/C17H20ClN3O3S/c1-11(12-6-7-12)17(22,13-4-3-5-14(18)8-13)9-21-15(19-10-20-21)24-16(25)23-2/h3-5,8,10-12,22H,6-7,9H2,1-2H3/t11?,17-/m0/s1. The number of aromatic nitrogens is 3. The van der Waals surface area contributed by atoms with Crippen LogP contribution in [0, 0.1) is 11.8 Å². The molecule has 1 aliphatic carbocycles. The second kappa shape index (κ2) is 7.27. The van der Waals surface area contributed by atoms with Crippen molar-refractivity contribution < 1.29 is 14.6 Å². The number of ether oxygens (including phenoxy) is 2. The molecule has 8 heteroatoms. The van der Waals surface area contributed by atoms with E-state index in [4.69, 9.17) is 33.3 Å². The van der Waals surface area contributed by atoms with Crippen LogP contribution in [0.15, 0.2) is 30.6 Å². The Kier molecular flexibility index (Phi) is 5.27. The Balaban J connectivity index is 1.94. The van der Waals surface area contributed by atoms with E-state index in [9.17, 15) is 5.11 Å². The highest BCUT2D eigenvalue weighted by atomic mass is 35.5. The van der Waals surface area contributed by atoms with Gasteiger partial charge in [-0.05, 0) is 42.4 Å². The molecule has 2 aromatic rings. The average molecular weight is 382 g/mol. The van der Waals surface area contributed by atoms with Crippen LogP contribution < -0.4 is 4.74 Å². The van der Waals surface area contributed by atoms with E-state index < -0.39 is 5.60 Å². The molecule has 1 aromatic heterocycles. The first-order valence-electron chi connectivity index (χ1n) is 8.06. The topological polar surface area (TPSA) is 69.4 Å². The van der Waals surface area contributed by atoms with Gasteiger partial charge in [0.05, 0.1) is 13.7 Å². The van der Waals surface area contributed by atoms with Crippen molar-refractivity contribution in [1.29, 1.82) is 0 Å². The Morgan fingerprint density at radius 2 is 2.28 bits per heavy atom. The number of benzene rings is 1. The van der Waals surface area contributed by atoms with E-state index in [1.165, 1.54) is 18.1 Å². The van der Waals surface area contributed by atoms with Crippen LogP contribution in [0.4, 0.5) is 0 Å². The zero-order valence-electron chi connectivity index (χ0n) is 14.1. The minimum Gasteiger partial charge on any atom is -0.460 e. The molecular weight excluding hydrogens is 362 g/mol. The minimum absolute atomic E-state index is 0.0254. The highest BCUT2D eigenvalue weighted by molar-refractivity contribution is 7.79. The number of methoxy groups -OCH3 is 1. The summed E-state index contributed by atoms with van der Waals surface area (Å²) in [5, 5.41) is 16.3. The monoisotopic (exact) mass is 381 g/mol. The quantitative estimate of drug-likeness (QED) is 0.775. The summed E-state index contributed by atoms with van der Waals surface area (Å²) in [5.74, 6) is 0.495. The van der Waals surface area contributed by atoms with Crippen LogP contribution in [-0.4, -0.2) is 32.2 Å². The van der Waals surface area contributed by atoms with Crippen molar-refractivity contribution in [3.63, 3.8) is 0 Å². The first kappa shape index (κ1) is 18.1. The van der Waals surface area contributed by atoms with Gasteiger partial charge in [-0.15, -0.1) is 0 Å². The van der Waals surface area contributed by atoms with Gasteiger partial charge in [0.2, 0.25) is 0 Å². The first-order chi connectivity index (χ1) is 11.9. The van der Waals surface area contributed by atoms with Gasteiger partial charge in [-0.25, -0.2) is 4.68 Å². The van der Waals surface area contributed by atoms with Gasteiger partial charge in [0, 0.05) is 17.2 Å². The van der Waals surface area contributed by atoms with E-state index in [0.29, 0.717) is 10.9 Å². The van der Waals surface area contributed by atoms with Crippen LogP contribution in [0.3, 0.4) is 0 Å². The maximum atomic E-state index is 11.6. The van der Waals surface area contributed by atoms with Crippen LogP contribution in [0.1, 0.15) is 25.3 Å². The molecule has 0 saturated heterocycles. The van der Waals surface area contributed by atoms with Gasteiger partial charge in [0.15, 0.2) is 0 Å². The van der Waals surface area contributed by atoms with Crippen molar-refractivity contribution in [3.8, 4) is 6.01 Å². The SMILES string of the molecule is COC(=S)Oc1ncnn1C[C@@](O)(c1cccc(Cl)c1)C(C)C1CC1. The van der Waals surface area contributed by atoms with Crippen LogP contribution in [0.5, 0.6) is 6.01 Å². The lowest BCUT2D eigenvalue weighted by Crippen LogP contribution is -2.39. The fourth-order valence-corrected chi connectivity index (χ4v) is 3.29. The lowest BCUT2D eigenvalue weighted by atomic mass is 9.79. The van der Waals surface area contributed by atoms with Crippen LogP contribution in [0.25, 0.3) is 0 Å². The van der Waals surface area contributed by atoms with Crippen molar-refractivity contribution in [3.05, 3.63) is 41.2 Å². The molecule has 1 heterocycles. The Morgan fingerprint density at radius 1 is 1.52 bits per heavy atom. The molecule has 25 heavy (non-hydrogen) atoms. The number of hydrogen-bond donors (Lipinski definition) is 1. The summed E-state index contributed by atoms with van der Waals surface area (Å²) in [7, 11) is 1.42. The molecule has 134 valence electrons. The summed E-state index contributed by atoms with van der Waals surface area (Å²) in [6.07, 6.45) is 3.57. The molecule has 1 aliphatic rings. The zero-order valence-corrected chi connectivity index (χ0v) is 15.6. The molecule has 3 rings (SSSR count). The molecule has 1 saturated carbocycles. The van der Waals surface area contributed by atoms with Crippen molar-refractivity contribution in [2.24, 2.45) is 11.8 Å². The third kappa shape index (κ3) is 3.94. The Morgan fingerprint density at radius 3 is 2.92 bits per heavy atom. The fraction of sp³-hybridized carbons (Fsp3) is 0.471. The van der Waals surface area contributed by atoms with E-state index in [-0.39, 0.29) is 23.7 Å². The predicted octanol–water partition coefficient (Wildman–Crippen LogP) is 3.18. The highest BCUT2D eigenvalue weighted by Gasteiger charge is 2.45. The number of halogens is 1. The molecular formula is C17H20ClN3O3S. The van der Waals surface area contributed by atoms with Crippen LogP contribution >= 0.6 is 23.8 Å². The largest absolute Gasteiger partial charge is 0.460 e. The normalized spacial score (nSPS) is 17.6.